The van der Waals surface area contributed by atoms with Crippen LogP contribution in [0.25, 0.3) is 6.08 Å². The maximum atomic E-state index is 10.8. The van der Waals surface area contributed by atoms with E-state index in [1.54, 1.807) is 13.0 Å². The van der Waals surface area contributed by atoms with E-state index in [1.807, 2.05) is 24.3 Å². The fraction of sp³-hybridized carbons (Fsp3) is 0.333. The lowest BCUT2D eigenvalue weighted by molar-refractivity contribution is -0.136. The SMILES string of the molecule is COc1ccc(C=CCCSC(C)=O)cc1CC(=O)O. The Labute approximate surface area is 122 Å². The zero-order valence-electron chi connectivity index (χ0n) is 11.6. The van der Waals surface area contributed by atoms with Crippen molar-refractivity contribution in [1.82, 2.24) is 0 Å². The summed E-state index contributed by atoms with van der Waals surface area (Å²) < 4.78 is 5.14. The summed E-state index contributed by atoms with van der Waals surface area (Å²) in [6, 6.07) is 5.45. The summed E-state index contributed by atoms with van der Waals surface area (Å²) in [7, 11) is 1.52. The number of hydrogen-bond acceptors (Lipinski definition) is 4. The third kappa shape index (κ3) is 5.93. The van der Waals surface area contributed by atoms with Crippen LogP contribution >= 0.6 is 11.8 Å². The van der Waals surface area contributed by atoms with E-state index in [2.05, 4.69) is 0 Å². The monoisotopic (exact) mass is 294 g/mol. The second kappa shape index (κ2) is 8.43. The number of aliphatic carboxylic acids is 1. The normalized spacial score (nSPS) is 10.7. The van der Waals surface area contributed by atoms with E-state index >= 15 is 0 Å². The number of carboxylic acid groups (broad SMARTS) is 1. The van der Waals surface area contributed by atoms with E-state index in [1.165, 1.54) is 18.9 Å². The molecule has 1 aromatic rings. The number of hydrogen-bond donors (Lipinski definition) is 1. The molecule has 0 atom stereocenters. The summed E-state index contributed by atoms with van der Waals surface area (Å²) in [6.45, 7) is 1.55. The highest BCUT2D eigenvalue weighted by Crippen LogP contribution is 2.21. The topological polar surface area (TPSA) is 63.6 Å². The Morgan fingerprint density at radius 2 is 2.15 bits per heavy atom. The fourth-order valence-electron chi connectivity index (χ4n) is 1.69. The van der Waals surface area contributed by atoms with E-state index in [0.717, 1.165) is 17.7 Å². The molecule has 0 saturated heterocycles. The van der Waals surface area contributed by atoms with Crippen LogP contribution in [-0.2, 0) is 16.0 Å². The summed E-state index contributed by atoms with van der Waals surface area (Å²) in [4.78, 5) is 21.6. The van der Waals surface area contributed by atoms with E-state index in [4.69, 9.17) is 9.84 Å². The smallest absolute Gasteiger partial charge is 0.307 e. The molecule has 1 aromatic carbocycles. The first-order chi connectivity index (χ1) is 9.52. The summed E-state index contributed by atoms with van der Waals surface area (Å²) in [5.41, 5.74) is 1.58. The Hall–Kier alpha value is -1.75. The van der Waals surface area contributed by atoms with Crippen LogP contribution in [0, 0.1) is 0 Å². The van der Waals surface area contributed by atoms with Crippen LogP contribution in [0.1, 0.15) is 24.5 Å². The molecule has 0 aromatic heterocycles. The van der Waals surface area contributed by atoms with Gasteiger partial charge < -0.3 is 9.84 Å². The second-order valence-electron chi connectivity index (χ2n) is 4.17. The van der Waals surface area contributed by atoms with E-state index < -0.39 is 5.97 Å². The molecular weight excluding hydrogens is 276 g/mol. The molecule has 0 aliphatic heterocycles. The Morgan fingerprint density at radius 1 is 1.40 bits per heavy atom. The zero-order chi connectivity index (χ0) is 15.0. The lowest BCUT2D eigenvalue weighted by Gasteiger charge is -2.07. The lowest BCUT2D eigenvalue weighted by Crippen LogP contribution is -2.02. The van der Waals surface area contributed by atoms with Gasteiger partial charge in [-0.3, -0.25) is 9.59 Å². The van der Waals surface area contributed by atoms with Gasteiger partial charge in [0.05, 0.1) is 13.5 Å². The van der Waals surface area contributed by atoms with Gasteiger partial charge in [-0.2, -0.15) is 0 Å². The standard InChI is InChI=1S/C15H18O4S/c1-11(16)20-8-4-3-5-12-6-7-14(19-2)13(9-12)10-15(17)18/h3,5-7,9H,4,8,10H2,1-2H3,(H,17,18). The number of ether oxygens (including phenoxy) is 1. The molecule has 1 N–H and O–H groups in total. The molecule has 108 valence electrons. The Bertz CT molecular complexity index is 509. The van der Waals surface area contributed by atoms with Crippen LogP contribution in [0.15, 0.2) is 24.3 Å². The van der Waals surface area contributed by atoms with Gasteiger partial charge in [0.1, 0.15) is 5.75 Å². The summed E-state index contributed by atoms with van der Waals surface area (Å²) in [5, 5.41) is 8.98. The minimum absolute atomic E-state index is 0.0644. The predicted octanol–water partition coefficient (Wildman–Crippen LogP) is 3.01. The van der Waals surface area contributed by atoms with Crippen LogP contribution < -0.4 is 4.74 Å². The highest BCUT2D eigenvalue weighted by Gasteiger charge is 2.07. The predicted molar refractivity (Wildman–Crippen MR) is 81.1 cm³/mol. The maximum absolute atomic E-state index is 10.8. The molecule has 0 spiro atoms. The van der Waals surface area contributed by atoms with E-state index in [-0.39, 0.29) is 11.5 Å². The summed E-state index contributed by atoms with van der Waals surface area (Å²) in [6.07, 6.45) is 4.63. The molecule has 0 radical (unpaired) electrons. The summed E-state index contributed by atoms with van der Waals surface area (Å²) in [5.74, 6) is 0.447. The van der Waals surface area contributed by atoms with Gasteiger partial charge in [-0.05, 0) is 24.1 Å². The van der Waals surface area contributed by atoms with Crippen molar-refractivity contribution in [2.24, 2.45) is 0 Å². The molecule has 0 heterocycles. The minimum atomic E-state index is -0.887. The molecule has 1 rings (SSSR count). The maximum Gasteiger partial charge on any atom is 0.307 e. The van der Waals surface area contributed by atoms with Crippen LogP contribution in [0.4, 0.5) is 0 Å². The number of carbonyl (C=O) groups is 2. The molecule has 0 aliphatic carbocycles. The third-order valence-electron chi connectivity index (χ3n) is 2.55. The largest absolute Gasteiger partial charge is 0.496 e. The van der Waals surface area contributed by atoms with Gasteiger partial charge in [0.2, 0.25) is 0 Å². The van der Waals surface area contributed by atoms with Crippen molar-refractivity contribution in [3.8, 4) is 5.75 Å². The van der Waals surface area contributed by atoms with Crippen molar-refractivity contribution in [2.75, 3.05) is 12.9 Å². The van der Waals surface area contributed by atoms with Gasteiger partial charge in [0.15, 0.2) is 5.12 Å². The van der Waals surface area contributed by atoms with Crippen molar-refractivity contribution < 1.29 is 19.4 Å². The molecule has 0 bridgehead atoms. The Kier molecular flexibility index (Phi) is 6.87. The number of benzene rings is 1. The van der Waals surface area contributed by atoms with Gasteiger partial charge in [0.25, 0.3) is 0 Å². The number of methoxy groups -OCH3 is 1. The molecular formula is C15H18O4S. The number of allylic oxidation sites excluding steroid dienone is 1. The number of rotatable bonds is 7. The molecule has 4 nitrogen and oxygen atoms in total. The highest BCUT2D eigenvalue weighted by molar-refractivity contribution is 8.13. The van der Waals surface area contributed by atoms with Crippen LogP contribution in [0.2, 0.25) is 0 Å². The second-order valence-corrected chi connectivity index (χ2v) is 5.44. The average Bonchev–Trinajstić information content (AvgIpc) is 2.37. The number of carbonyl (C=O) groups excluding carboxylic acids is 1. The van der Waals surface area contributed by atoms with Gasteiger partial charge in [-0.25, -0.2) is 0 Å². The molecule has 0 unspecified atom stereocenters. The van der Waals surface area contributed by atoms with Crippen LogP contribution in [-0.4, -0.2) is 29.1 Å². The first-order valence-electron chi connectivity index (χ1n) is 6.21. The minimum Gasteiger partial charge on any atom is -0.496 e. The quantitative estimate of drug-likeness (QED) is 0.783. The highest BCUT2D eigenvalue weighted by atomic mass is 32.2. The van der Waals surface area contributed by atoms with Crippen molar-refractivity contribution in [2.45, 2.75) is 19.8 Å². The fourth-order valence-corrected chi connectivity index (χ4v) is 2.23. The van der Waals surface area contributed by atoms with Gasteiger partial charge in [-0.15, -0.1) is 0 Å². The van der Waals surface area contributed by atoms with Crippen molar-refractivity contribution >= 4 is 28.9 Å². The first-order valence-corrected chi connectivity index (χ1v) is 7.20. The van der Waals surface area contributed by atoms with E-state index in [9.17, 15) is 9.59 Å². The van der Waals surface area contributed by atoms with Crippen LogP contribution in [0.5, 0.6) is 5.75 Å². The Morgan fingerprint density at radius 3 is 2.75 bits per heavy atom. The number of carboxylic acids is 1. The lowest BCUT2D eigenvalue weighted by atomic mass is 10.1. The molecule has 0 aliphatic rings. The molecule has 0 amide bonds. The Balaban J connectivity index is 2.68. The third-order valence-corrected chi connectivity index (χ3v) is 3.39. The van der Waals surface area contributed by atoms with Gasteiger partial charge in [0, 0.05) is 18.2 Å². The van der Waals surface area contributed by atoms with Gasteiger partial charge >= 0.3 is 5.97 Å². The van der Waals surface area contributed by atoms with Crippen molar-refractivity contribution in [3.05, 3.63) is 35.4 Å². The summed E-state index contributed by atoms with van der Waals surface area (Å²) >= 11 is 1.30. The molecule has 0 fully saturated rings. The molecule has 0 saturated carbocycles. The van der Waals surface area contributed by atoms with Crippen LogP contribution in [0.3, 0.4) is 0 Å². The molecule has 5 heteroatoms. The van der Waals surface area contributed by atoms with E-state index in [0.29, 0.717) is 11.3 Å². The zero-order valence-corrected chi connectivity index (χ0v) is 12.4. The first kappa shape index (κ1) is 16.3. The van der Waals surface area contributed by atoms with Gasteiger partial charge in [-0.1, -0.05) is 30.0 Å². The van der Waals surface area contributed by atoms with Crippen molar-refractivity contribution in [3.63, 3.8) is 0 Å². The average molecular weight is 294 g/mol. The number of thioether (sulfide) groups is 1. The van der Waals surface area contributed by atoms with Crippen molar-refractivity contribution in [1.29, 1.82) is 0 Å². The molecule has 20 heavy (non-hydrogen) atoms.